The van der Waals surface area contributed by atoms with Gasteiger partial charge >= 0.3 is 5.97 Å². The van der Waals surface area contributed by atoms with Crippen LogP contribution in [0.4, 0.5) is 0 Å². The van der Waals surface area contributed by atoms with Crippen molar-refractivity contribution in [2.24, 2.45) is 16.7 Å². The van der Waals surface area contributed by atoms with Gasteiger partial charge in [-0.25, -0.2) is 0 Å². The van der Waals surface area contributed by atoms with E-state index in [2.05, 4.69) is 40.7 Å². The van der Waals surface area contributed by atoms with E-state index in [4.69, 9.17) is 4.74 Å². The number of carbonyl (C=O) groups is 1. The van der Waals surface area contributed by atoms with Crippen molar-refractivity contribution in [2.75, 3.05) is 0 Å². The summed E-state index contributed by atoms with van der Waals surface area (Å²) in [6.07, 6.45) is 10.0. The zero-order valence-electron chi connectivity index (χ0n) is 18.0. The summed E-state index contributed by atoms with van der Waals surface area (Å²) in [4.78, 5) is 13.2. The molecule has 1 saturated carbocycles. The number of phenolic OH excluding ortho intramolecular Hbond substituents is 1. The van der Waals surface area contributed by atoms with Crippen LogP contribution in [0, 0.1) is 16.7 Å². The molecular weight excluding hydrogens is 348 g/mol. The topological polar surface area (TPSA) is 46.5 Å². The lowest BCUT2D eigenvalue weighted by Gasteiger charge is -2.42. The number of ether oxygens (including phenoxy) is 1. The summed E-state index contributed by atoms with van der Waals surface area (Å²) in [5.41, 5.74) is 1.99. The SMILES string of the molecule is CCCCCCC(C)(C)c1cc(O)c2c(c1)OC(=O)C13CCC(C=C21)C3(C)C. The van der Waals surface area contributed by atoms with E-state index >= 15 is 0 Å². The summed E-state index contributed by atoms with van der Waals surface area (Å²) in [7, 11) is 0. The number of fused-ring (bicyclic) bond motifs is 3. The lowest BCUT2D eigenvalue weighted by atomic mass is 9.63. The third-order valence-electron chi connectivity index (χ3n) is 8.02. The molecule has 0 amide bonds. The quantitative estimate of drug-likeness (QED) is 0.353. The smallest absolute Gasteiger partial charge is 0.322 e. The molecule has 0 saturated heterocycles. The fourth-order valence-corrected chi connectivity index (χ4v) is 5.93. The Balaban J connectivity index is 1.71. The summed E-state index contributed by atoms with van der Waals surface area (Å²) in [6.45, 7) is 11.0. The maximum absolute atomic E-state index is 13.2. The standard InChI is InChI=1S/C25H34O3/c1-6-7-8-9-11-23(2,3)17-14-19(26)21-18-13-16-10-12-25(18,24(16,4)5)22(27)28-20(21)15-17/h13-16,26H,6-12H2,1-5H3. The molecular formula is C25H34O3. The average molecular weight is 383 g/mol. The van der Waals surface area contributed by atoms with Gasteiger partial charge in [-0.1, -0.05) is 66.4 Å². The van der Waals surface area contributed by atoms with Gasteiger partial charge in [0.15, 0.2) is 0 Å². The van der Waals surface area contributed by atoms with Crippen LogP contribution in [0.5, 0.6) is 11.5 Å². The zero-order chi connectivity index (χ0) is 20.3. The molecule has 1 aromatic rings. The highest BCUT2D eigenvalue weighted by molar-refractivity contribution is 6.03. The minimum atomic E-state index is -0.598. The molecule has 152 valence electrons. The lowest BCUT2D eigenvalue weighted by molar-refractivity contribution is -0.147. The number of hydrogen-bond acceptors (Lipinski definition) is 3. The number of carbonyl (C=O) groups excluding carboxylic acids is 1. The maximum atomic E-state index is 13.2. The van der Waals surface area contributed by atoms with Gasteiger partial charge in [0.25, 0.3) is 0 Å². The molecule has 2 unspecified atom stereocenters. The number of rotatable bonds is 6. The first-order chi connectivity index (χ1) is 13.1. The highest BCUT2D eigenvalue weighted by atomic mass is 16.5. The molecule has 1 heterocycles. The van der Waals surface area contributed by atoms with Gasteiger partial charge in [-0.15, -0.1) is 0 Å². The van der Waals surface area contributed by atoms with Gasteiger partial charge in [0.2, 0.25) is 0 Å². The van der Waals surface area contributed by atoms with E-state index in [0.717, 1.165) is 36.0 Å². The van der Waals surface area contributed by atoms with E-state index in [1.54, 1.807) is 0 Å². The number of allylic oxidation sites excluding steroid dienone is 1. The third kappa shape index (κ3) is 2.51. The van der Waals surface area contributed by atoms with Gasteiger partial charge in [-0.05, 0) is 59.3 Å². The Morgan fingerprint density at radius 1 is 1.21 bits per heavy atom. The van der Waals surface area contributed by atoms with Crippen molar-refractivity contribution in [1.29, 1.82) is 0 Å². The van der Waals surface area contributed by atoms with Crippen molar-refractivity contribution in [3.63, 3.8) is 0 Å². The molecule has 1 aliphatic heterocycles. The Labute approximate surface area is 169 Å². The normalized spacial score (nSPS) is 27.2. The van der Waals surface area contributed by atoms with E-state index in [1.165, 1.54) is 25.7 Å². The Bertz CT molecular complexity index is 846. The second-order valence-electron chi connectivity index (χ2n) is 10.3. The second kappa shape index (κ2) is 6.37. The summed E-state index contributed by atoms with van der Waals surface area (Å²) in [5, 5.41) is 11.0. The van der Waals surface area contributed by atoms with Crippen LogP contribution >= 0.6 is 0 Å². The molecule has 0 aromatic heterocycles. The van der Waals surface area contributed by atoms with Gasteiger partial charge in [-0.3, -0.25) is 4.79 Å². The minimum Gasteiger partial charge on any atom is -0.507 e. The van der Waals surface area contributed by atoms with Crippen LogP contribution in [0.3, 0.4) is 0 Å². The van der Waals surface area contributed by atoms with Gasteiger partial charge in [0.05, 0.1) is 11.0 Å². The summed E-state index contributed by atoms with van der Waals surface area (Å²) >= 11 is 0. The molecule has 28 heavy (non-hydrogen) atoms. The van der Waals surface area contributed by atoms with Crippen LogP contribution in [0.1, 0.15) is 90.7 Å². The Morgan fingerprint density at radius 3 is 2.64 bits per heavy atom. The van der Waals surface area contributed by atoms with E-state index in [-0.39, 0.29) is 22.5 Å². The predicted molar refractivity (Wildman–Crippen MR) is 112 cm³/mol. The van der Waals surface area contributed by atoms with Crippen molar-refractivity contribution >= 4 is 11.5 Å². The molecule has 1 aromatic carbocycles. The number of hydrogen-bond donors (Lipinski definition) is 1. The molecule has 1 N–H and O–H groups in total. The second-order valence-corrected chi connectivity index (χ2v) is 10.3. The van der Waals surface area contributed by atoms with Crippen LogP contribution in [-0.2, 0) is 10.2 Å². The van der Waals surface area contributed by atoms with Gasteiger partial charge < -0.3 is 9.84 Å². The van der Waals surface area contributed by atoms with Crippen LogP contribution < -0.4 is 4.74 Å². The number of aromatic hydroxyl groups is 1. The Morgan fingerprint density at radius 2 is 1.96 bits per heavy atom. The summed E-state index contributed by atoms with van der Waals surface area (Å²) in [5.74, 6) is 1.04. The molecule has 2 bridgehead atoms. The number of benzene rings is 1. The molecule has 0 radical (unpaired) electrons. The molecule has 1 spiro atoms. The monoisotopic (exact) mass is 382 g/mol. The van der Waals surface area contributed by atoms with Crippen molar-refractivity contribution in [3.8, 4) is 11.5 Å². The highest BCUT2D eigenvalue weighted by Gasteiger charge is 2.67. The van der Waals surface area contributed by atoms with Gasteiger partial charge in [-0.2, -0.15) is 0 Å². The van der Waals surface area contributed by atoms with E-state index in [9.17, 15) is 9.90 Å². The predicted octanol–water partition coefficient (Wildman–Crippen LogP) is 6.38. The molecule has 3 nitrogen and oxygen atoms in total. The van der Waals surface area contributed by atoms with Crippen molar-refractivity contribution in [2.45, 2.75) is 85.0 Å². The van der Waals surface area contributed by atoms with Crippen molar-refractivity contribution in [1.82, 2.24) is 0 Å². The fourth-order valence-electron chi connectivity index (χ4n) is 5.93. The van der Waals surface area contributed by atoms with E-state index in [0.29, 0.717) is 11.7 Å². The molecule has 2 aliphatic carbocycles. The molecule has 4 rings (SSSR count). The van der Waals surface area contributed by atoms with Crippen LogP contribution in [-0.4, -0.2) is 11.1 Å². The molecule has 1 fully saturated rings. The van der Waals surface area contributed by atoms with Crippen molar-refractivity contribution < 1.29 is 14.6 Å². The van der Waals surface area contributed by atoms with Crippen LogP contribution in [0.25, 0.3) is 5.57 Å². The summed E-state index contributed by atoms with van der Waals surface area (Å²) < 4.78 is 5.92. The number of unbranched alkanes of at least 4 members (excludes halogenated alkanes) is 3. The number of phenols is 1. The molecule has 2 atom stereocenters. The Hall–Kier alpha value is -1.77. The lowest BCUT2D eigenvalue weighted by Crippen LogP contribution is -2.45. The number of esters is 1. The molecule has 3 heteroatoms. The van der Waals surface area contributed by atoms with E-state index in [1.807, 2.05) is 12.1 Å². The fraction of sp³-hybridized carbons (Fsp3) is 0.640. The zero-order valence-corrected chi connectivity index (χ0v) is 18.0. The first kappa shape index (κ1) is 19.5. The van der Waals surface area contributed by atoms with Crippen LogP contribution in [0.15, 0.2) is 18.2 Å². The van der Waals surface area contributed by atoms with Crippen LogP contribution in [0.2, 0.25) is 0 Å². The van der Waals surface area contributed by atoms with Gasteiger partial charge in [0, 0.05) is 0 Å². The van der Waals surface area contributed by atoms with Gasteiger partial charge in [0.1, 0.15) is 11.5 Å². The molecule has 3 aliphatic rings. The first-order valence-corrected chi connectivity index (χ1v) is 11.0. The summed E-state index contributed by atoms with van der Waals surface area (Å²) in [6, 6.07) is 3.91. The maximum Gasteiger partial charge on any atom is 0.322 e. The highest BCUT2D eigenvalue weighted by Crippen LogP contribution is 2.71. The average Bonchev–Trinajstić information content (AvgIpc) is 3.01. The first-order valence-electron chi connectivity index (χ1n) is 11.0. The van der Waals surface area contributed by atoms with Crippen molar-refractivity contribution in [3.05, 3.63) is 29.3 Å². The largest absolute Gasteiger partial charge is 0.507 e. The van der Waals surface area contributed by atoms with E-state index < -0.39 is 5.41 Å². The Kier molecular flexibility index (Phi) is 4.44. The third-order valence-corrected chi connectivity index (χ3v) is 8.02. The minimum absolute atomic E-state index is 0.0654.